The lowest BCUT2D eigenvalue weighted by Crippen LogP contribution is -2.34. The van der Waals surface area contributed by atoms with Gasteiger partial charge in [-0.05, 0) is 30.7 Å². The van der Waals surface area contributed by atoms with E-state index in [9.17, 15) is 14.9 Å². The molecule has 2 aromatic heterocycles. The number of aryl methyl sites for hydroxylation is 1. The van der Waals surface area contributed by atoms with Crippen LogP contribution in [0.4, 0.5) is 5.82 Å². The van der Waals surface area contributed by atoms with Crippen LogP contribution in [0, 0.1) is 18.3 Å². The highest BCUT2D eigenvalue weighted by atomic mass is 16.2. The molecule has 0 spiro atoms. The number of aromatic nitrogens is 2. The first-order valence-electron chi connectivity index (χ1n) is 7.08. The number of para-hydroxylation sites is 2. The first-order chi connectivity index (χ1) is 11.0. The predicted octanol–water partition coefficient (Wildman–Crippen LogP) is 2.57. The zero-order valence-electron chi connectivity index (χ0n) is 13.0. The van der Waals surface area contributed by atoms with Crippen LogP contribution in [0.5, 0.6) is 0 Å². The van der Waals surface area contributed by atoms with Crippen LogP contribution in [0.25, 0.3) is 16.7 Å². The Morgan fingerprint density at radius 1 is 1.22 bits per heavy atom. The monoisotopic (exact) mass is 306 g/mol. The third-order valence-corrected chi connectivity index (χ3v) is 3.72. The normalized spacial score (nSPS) is 10.7. The summed E-state index contributed by atoms with van der Waals surface area (Å²) in [6.07, 6.45) is 0. The van der Waals surface area contributed by atoms with Crippen molar-refractivity contribution in [3.8, 4) is 6.07 Å². The number of nitrogens with zero attached hydrogens (tertiary/aromatic N) is 4. The Morgan fingerprint density at radius 3 is 2.48 bits per heavy atom. The number of fused-ring (bicyclic) bond motifs is 3. The first-order valence-corrected chi connectivity index (χ1v) is 7.08. The van der Waals surface area contributed by atoms with E-state index in [1.807, 2.05) is 24.3 Å². The van der Waals surface area contributed by atoms with E-state index in [-0.39, 0.29) is 11.8 Å². The van der Waals surface area contributed by atoms with Gasteiger partial charge in [0.25, 0.3) is 0 Å². The fourth-order valence-corrected chi connectivity index (χ4v) is 2.78. The largest absolute Gasteiger partial charge is 0.277 e. The lowest BCUT2D eigenvalue weighted by atomic mass is 10.1. The summed E-state index contributed by atoms with van der Waals surface area (Å²) in [5.74, 6) is -0.383. The highest BCUT2D eigenvalue weighted by Gasteiger charge is 2.23. The third-order valence-electron chi connectivity index (χ3n) is 3.72. The van der Waals surface area contributed by atoms with Gasteiger partial charge in [0.15, 0.2) is 5.65 Å². The summed E-state index contributed by atoms with van der Waals surface area (Å²) in [4.78, 5) is 29.5. The zero-order valence-corrected chi connectivity index (χ0v) is 13.0. The Hall–Kier alpha value is -3.20. The van der Waals surface area contributed by atoms with Gasteiger partial charge in [-0.1, -0.05) is 12.1 Å². The lowest BCUT2D eigenvalue weighted by Gasteiger charge is -2.20. The summed E-state index contributed by atoms with van der Waals surface area (Å²) in [7, 11) is 0. The summed E-state index contributed by atoms with van der Waals surface area (Å²) < 4.78 is 1.68. The second-order valence-corrected chi connectivity index (χ2v) is 5.31. The van der Waals surface area contributed by atoms with Gasteiger partial charge in [-0.25, -0.2) is 9.88 Å². The predicted molar refractivity (Wildman–Crippen MR) is 86.0 cm³/mol. The van der Waals surface area contributed by atoms with Crippen LogP contribution >= 0.6 is 0 Å². The van der Waals surface area contributed by atoms with Crippen LogP contribution in [0.2, 0.25) is 0 Å². The molecule has 0 radical (unpaired) electrons. The third kappa shape index (κ3) is 2.14. The molecule has 0 unspecified atom stereocenters. The van der Waals surface area contributed by atoms with Crippen molar-refractivity contribution in [3.05, 3.63) is 41.5 Å². The number of imidazole rings is 1. The molecule has 2 heterocycles. The molecule has 0 fully saturated rings. The molecule has 3 aromatic rings. The molecule has 0 aliphatic carbocycles. The van der Waals surface area contributed by atoms with Gasteiger partial charge in [-0.3, -0.25) is 14.0 Å². The van der Waals surface area contributed by atoms with Gasteiger partial charge in [0, 0.05) is 13.8 Å². The standard InChI is InChI=1S/C17H14N4O2/c1-10-8-16(20(11(2)22)12(3)23)21-15-7-5-4-6-14(15)19-17(21)13(10)9-18/h4-8H,1-3H3. The van der Waals surface area contributed by atoms with Gasteiger partial charge in [0.05, 0.1) is 16.6 Å². The number of pyridine rings is 1. The van der Waals surface area contributed by atoms with Gasteiger partial charge < -0.3 is 0 Å². The zero-order chi connectivity index (χ0) is 16.7. The highest BCUT2D eigenvalue weighted by Crippen LogP contribution is 2.28. The fourth-order valence-electron chi connectivity index (χ4n) is 2.78. The average Bonchev–Trinajstić information content (AvgIpc) is 2.85. The van der Waals surface area contributed by atoms with Crippen molar-refractivity contribution in [2.24, 2.45) is 0 Å². The number of hydrogen-bond acceptors (Lipinski definition) is 4. The topological polar surface area (TPSA) is 78.5 Å². The van der Waals surface area contributed by atoms with Crippen LogP contribution < -0.4 is 4.90 Å². The van der Waals surface area contributed by atoms with E-state index in [0.29, 0.717) is 28.1 Å². The van der Waals surface area contributed by atoms with Crippen molar-refractivity contribution in [1.29, 1.82) is 5.26 Å². The summed E-state index contributed by atoms with van der Waals surface area (Å²) in [5.41, 5.74) is 2.97. The average molecular weight is 306 g/mol. The maximum atomic E-state index is 12.0. The maximum Gasteiger partial charge on any atom is 0.231 e. The number of carbonyl (C=O) groups excluding carboxylic acids is 2. The molecule has 0 bridgehead atoms. The number of imide groups is 1. The van der Waals surface area contributed by atoms with E-state index >= 15 is 0 Å². The van der Waals surface area contributed by atoms with Crippen LogP contribution in [0.15, 0.2) is 30.3 Å². The Bertz CT molecular complexity index is 997. The number of rotatable bonds is 1. The summed E-state index contributed by atoms with van der Waals surface area (Å²) in [6.45, 7) is 4.43. The minimum Gasteiger partial charge on any atom is -0.277 e. The van der Waals surface area contributed by atoms with E-state index in [1.165, 1.54) is 13.8 Å². The Labute approximate surface area is 132 Å². The van der Waals surface area contributed by atoms with Gasteiger partial charge in [0.1, 0.15) is 11.9 Å². The summed E-state index contributed by atoms with van der Waals surface area (Å²) in [5, 5.41) is 9.44. The molecule has 0 saturated carbocycles. The molecule has 114 valence electrons. The van der Waals surface area contributed by atoms with E-state index < -0.39 is 0 Å². The molecule has 1 aromatic carbocycles. The Balaban J connectivity index is 2.54. The van der Waals surface area contributed by atoms with Crippen molar-refractivity contribution < 1.29 is 9.59 Å². The molecule has 0 atom stereocenters. The van der Waals surface area contributed by atoms with Crippen LogP contribution in [0.3, 0.4) is 0 Å². The highest BCUT2D eigenvalue weighted by molar-refractivity contribution is 6.13. The molecule has 3 rings (SSSR count). The number of carbonyl (C=O) groups is 2. The number of amides is 2. The van der Waals surface area contributed by atoms with Crippen molar-refractivity contribution >= 4 is 34.3 Å². The van der Waals surface area contributed by atoms with Crippen molar-refractivity contribution in [1.82, 2.24) is 9.38 Å². The molecule has 2 amide bonds. The molecule has 23 heavy (non-hydrogen) atoms. The number of benzene rings is 1. The van der Waals surface area contributed by atoms with Gasteiger partial charge in [-0.2, -0.15) is 5.26 Å². The van der Waals surface area contributed by atoms with E-state index in [2.05, 4.69) is 11.1 Å². The minimum absolute atomic E-state index is 0.388. The second kappa shape index (κ2) is 5.21. The Morgan fingerprint density at radius 2 is 1.87 bits per heavy atom. The van der Waals surface area contributed by atoms with Crippen LogP contribution in [-0.2, 0) is 9.59 Å². The fraction of sp³-hybridized carbons (Fsp3) is 0.176. The SMILES string of the molecule is CC(=O)N(C(C)=O)c1cc(C)c(C#N)c2nc3ccccc3n12. The first kappa shape index (κ1) is 14.7. The number of nitriles is 1. The lowest BCUT2D eigenvalue weighted by molar-refractivity contribution is -0.124. The smallest absolute Gasteiger partial charge is 0.231 e. The molecule has 0 N–H and O–H groups in total. The maximum absolute atomic E-state index is 12.0. The van der Waals surface area contributed by atoms with Crippen molar-refractivity contribution in [2.75, 3.05) is 4.90 Å². The van der Waals surface area contributed by atoms with Gasteiger partial charge in [-0.15, -0.1) is 0 Å². The Kier molecular flexibility index (Phi) is 3.34. The number of anilines is 1. The molecule has 6 heteroatoms. The second-order valence-electron chi connectivity index (χ2n) is 5.31. The molecule has 0 aliphatic rings. The van der Waals surface area contributed by atoms with E-state index in [0.717, 1.165) is 10.4 Å². The molecule has 0 saturated heterocycles. The number of hydrogen-bond donors (Lipinski definition) is 0. The minimum atomic E-state index is -0.388. The van der Waals surface area contributed by atoms with Gasteiger partial charge >= 0.3 is 0 Å². The quantitative estimate of drug-likeness (QED) is 0.692. The molecular formula is C17H14N4O2. The van der Waals surface area contributed by atoms with Gasteiger partial charge in [0.2, 0.25) is 11.8 Å². The van der Waals surface area contributed by atoms with Crippen LogP contribution in [0.1, 0.15) is 25.0 Å². The molecule has 6 nitrogen and oxygen atoms in total. The molecule has 0 aliphatic heterocycles. The van der Waals surface area contributed by atoms with Crippen molar-refractivity contribution in [3.63, 3.8) is 0 Å². The van der Waals surface area contributed by atoms with Crippen LogP contribution in [-0.4, -0.2) is 21.2 Å². The summed E-state index contributed by atoms with van der Waals surface area (Å²) in [6, 6.07) is 11.2. The summed E-state index contributed by atoms with van der Waals surface area (Å²) >= 11 is 0. The van der Waals surface area contributed by atoms with E-state index in [4.69, 9.17) is 0 Å². The van der Waals surface area contributed by atoms with E-state index in [1.54, 1.807) is 17.4 Å². The molecular weight excluding hydrogens is 292 g/mol. The van der Waals surface area contributed by atoms with Crippen molar-refractivity contribution in [2.45, 2.75) is 20.8 Å².